The number of carbonyl (C=O) groups is 1. The molecule has 31 heavy (non-hydrogen) atoms. The summed E-state index contributed by atoms with van der Waals surface area (Å²) in [7, 11) is 0. The molecule has 0 saturated heterocycles. The number of halogens is 4. The summed E-state index contributed by atoms with van der Waals surface area (Å²) < 4.78 is 51.6. The fourth-order valence-electron chi connectivity index (χ4n) is 3.22. The van der Waals surface area contributed by atoms with E-state index >= 15 is 0 Å². The van der Waals surface area contributed by atoms with Crippen LogP contribution in [0.3, 0.4) is 0 Å². The number of hydrogen-bond acceptors (Lipinski definition) is 3. The Bertz CT molecular complexity index is 1080. The molecular formula is C22H21BrF3NO4. The SMILES string of the molecule is CCCCCc1c[nH]c2ccc(Oc3c(Br)cc(OCC(=O)O)cc3C(F)(F)F)cc12. The Labute approximate surface area is 185 Å². The maximum Gasteiger partial charge on any atom is 0.420 e. The van der Waals surface area contributed by atoms with Crippen LogP contribution in [-0.4, -0.2) is 22.7 Å². The maximum absolute atomic E-state index is 13.7. The molecule has 0 amide bonds. The number of unbranched alkanes of at least 4 members (excludes halogenated alkanes) is 2. The van der Waals surface area contributed by atoms with E-state index in [2.05, 4.69) is 27.8 Å². The molecule has 9 heteroatoms. The maximum atomic E-state index is 13.7. The van der Waals surface area contributed by atoms with E-state index in [9.17, 15) is 18.0 Å². The number of carboxylic acid groups (broad SMARTS) is 1. The van der Waals surface area contributed by atoms with Gasteiger partial charge in [-0.3, -0.25) is 0 Å². The van der Waals surface area contributed by atoms with Crippen molar-refractivity contribution in [3.05, 3.63) is 52.1 Å². The number of hydrogen-bond donors (Lipinski definition) is 2. The average Bonchev–Trinajstić information content (AvgIpc) is 3.09. The van der Waals surface area contributed by atoms with Crippen LogP contribution in [0.1, 0.15) is 37.3 Å². The monoisotopic (exact) mass is 499 g/mol. The van der Waals surface area contributed by atoms with Crippen molar-refractivity contribution in [1.82, 2.24) is 4.98 Å². The van der Waals surface area contributed by atoms with Crippen molar-refractivity contribution in [2.24, 2.45) is 0 Å². The van der Waals surface area contributed by atoms with Crippen LogP contribution in [0, 0.1) is 0 Å². The Kier molecular flexibility index (Phi) is 7.15. The van der Waals surface area contributed by atoms with Crippen molar-refractivity contribution < 1.29 is 32.5 Å². The number of aromatic amines is 1. The first-order valence-corrected chi connectivity index (χ1v) is 10.5. The summed E-state index contributed by atoms with van der Waals surface area (Å²) in [6, 6.07) is 7.05. The van der Waals surface area contributed by atoms with Gasteiger partial charge in [-0.25, -0.2) is 4.79 Å². The molecule has 0 aliphatic heterocycles. The predicted molar refractivity (Wildman–Crippen MR) is 114 cm³/mol. The Morgan fingerprint density at radius 1 is 1.16 bits per heavy atom. The molecule has 0 atom stereocenters. The van der Waals surface area contributed by atoms with Crippen molar-refractivity contribution in [2.75, 3.05) is 6.61 Å². The molecule has 3 aromatic rings. The van der Waals surface area contributed by atoms with Crippen LogP contribution in [0.2, 0.25) is 0 Å². The van der Waals surface area contributed by atoms with Gasteiger partial charge in [0.2, 0.25) is 0 Å². The van der Waals surface area contributed by atoms with E-state index in [1.54, 1.807) is 18.2 Å². The Hall–Kier alpha value is -2.68. The number of aryl methyl sites for hydroxylation is 1. The third-order valence-corrected chi connectivity index (χ3v) is 5.28. The van der Waals surface area contributed by atoms with Crippen molar-refractivity contribution in [1.29, 1.82) is 0 Å². The van der Waals surface area contributed by atoms with Gasteiger partial charge in [0.15, 0.2) is 12.4 Å². The smallest absolute Gasteiger partial charge is 0.420 e. The fourth-order valence-corrected chi connectivity index (χ4v) is 3.74. The molecule has 0 saturated carbocycles. The first-order valence-electron chi connectivity index (χ1n) is 9.72. The van der Waals surface area contributed by atoms with Crippen LogP contribution in [0.4, 0.5) is 13.2 Å². The molecule has 0 fully saturated rings. The minimum absolute atomic E-state index is 0.0000450. The summed E-state index contributed by atoms with van der Waals surface area (Å²) in [4.78, 5) is 13.8. The van der Waals surface area contributed by atoms with Gasteiger partial charge in [-0.15, -0.1) is 0 Å². The summed E-state index contributed by atoms with van der Waals surface area (Å²) >= 11 is 3.10. The lowest BCUT2D eigenvalue weighted by Gasteiger charge is -2.17. The van der Waals surface area contributed by atoms with E-state index in [4.69, 9.17) is 14.6 Å². The lowest BCUT2D eigenvalue weighted by atomic mass is 10.1. The molecule has 1 aromatic heterocycles. The highest BCUT2D eigenvalue weighted by atomic mass is 79.9. The van der Waals surface area contributed by atoms with Crippen molar-refractivity contribution in [3.8, 4) is 17.2 Å². The van der Waals surface area contributed by atoms with E-state index in [0.717, 1.165) is 48.2 Å². The van der Waals surface area contributed by atoms with Gasteiger partial charge >= 0.3 is 12.1 Å². The van der Waals surface area contributed by atoms with Gasteiger partial charge in [0, 0.05) is 17.1 Å². The van der Waals surface area contributed by atoms with Crippen LogP contribution < -0.4 is 9.47 Å². The summed E-state index contributed by atoms with van der Waals surface area (Å²) in [6.45, 7) is 1.37. The van der Waals surface area contributed by atoms with Gasteiger partial charge in [-0.2, -0.15) is 13.2 Å². The molecule has 5 nitrogen and oxygen atoms in total. The topological polar surface area (TPSA) is 71.5 Å². The molecule has 166 valence electrons. The fraction of sp³-hybridized carbons (Fsp3) is 0.318. The van der Waals surface area contributed by atoms with Gasteiger partial charge in [-0.05, 0) is 64.7 Å². The quantitative estimate of drug-likeness (QED) is 0.313. The Morgan fingerprint density at radius 2 is 1.94 bits per heavy atom. The minimum Gasteiger partial charge on any atom is -0.482 e. The van der Waals surface area contributed by atoms with E-state index < -0.39 is 30.1 Å². The zero-order valence-electron chi connectivity index (χ0n) is 16.7. The standard InChI is InChI=1S/C22H21BrF3NO4/c1-2-3-4-5-13-11-27-19-7-6-14(8-16(13)19)31-21-17(22(24,25)26)9-15(10-18(21)23)30-12-20(28)29/h6-11,27H,2-5,12H2,1H3,(H,28,29). The van der Waals surface area contributed by atoms with Gasteiger partial charge in [-0.1, -0.05) is 19.8 Å². The number of carboxylic acids is 1. The molecule has 1 heterocycles. The number of alkyl halides is 3. The zero-order chi connectivity index (χ0) is 22.6. The number of nitrogens with one attached hydrogen (secondary N) is 1. The van der Waals surface area contributed by atoms with E-state index in [1.807, 2.05) is 6.20 Å². The van der Waals surface area contributed by atoms with Crippen molar-refractivity contribution >= 4 is 32.8 Å². The largest absolute Gasteiger partial charge is 0.482 e. The third kappa shape index (κ3) is 5.72. The summed E-state index contributed by atoms with van der Waals surface area (Å²) in [6.07, 6.45) is 1.26. The zero-order valence-corrected chi connectivity index (χ0v) is 18.3. The normalized spacial score (nSPS) is 11.6. The molecule has 0 aliphatic rings. The van der Waals surface area contributed by atoms with E-state index in [0.29, 0.717) is 0 Å². The number of aliphatic carboxylic acids is 1. The van der Waals surface area contributed by atoms with E-state index in [-0.39, 0.29) is 16.0 Å². The van der Waals surface area contributed by atoms with Crippen LogP contribution in [-0.2, 0) is 17.4 Å². The van der Waals surface area contributed by atoms with Crippen LogP contribution in [0.15, 0.2) is 41.0 Å². The van der Waals surface area contributed by atoms with Crippen LogP contribution >= 0.6 is 15.9 Å². The van der Waals surface area contributed by atoms with Gasteiger partial charge in [0.05, 0.1) is 4.47 Å². The second kappa shape index (κ2) is 9.64. The van der Waals surface area contributed by atoms with E-state index in [1.165, 1.54) is 6.07 Å². The molecule has 3 rings (SSSR count). The van der Waals surface area contributed by atoms with Crippen molar-refractivity contribution in [2.45, 2.75) is 38.8 Å². The molecule has 2 N–H and O–H groups in total. The van der Waals surface area contributed by atoms with Crippen LogP contribution in [0.25, 0.3) is 10.9 Å². The van der Waals surface area contributed by atoms with Crippen molar-refractivity contribution in [3.63, 3.8) is 0 Å². The molecule has 0 aliphatic carbocycles. The number of fused-ring (bicyclic) bond motifs is 1. The number of ether oxygens (including phenoxy) is 2. The van der Waals surface area contributed by atoms with Gasteiger partial charge in [0.25, 0.3) is 0 Å². The third-order valence-electron chi connectivity index (χ3n) is 4.69. The number of rotatable bonds is 9. The predicted octanol–water partition coefficient (Wildman–Crippen LogP) is 6.94. The number of aromatic nitrogens is 1. The second-order valence-corrected chi connectivity index (χ2v) is 7.90. The highest BCUT2D eigenvalue weighted by Gasteiger charge is 2.36. The number of H-pyrrole nitrogens is 1. The summed E-state index contributed by atoms with van der Waals surface area (Å²) in [5.74, 6) is -1.68. The Balaban J connectivity index is 1.94. The highest BCUT2D eigenvalue weighted by Crippen LogP contribution is 2.45. The van der Waals surface area contributed by atoms with Gasteiger partial charge < -0.3 is 19.6 Å². The van der Waals surface area contributed by atoms with Gasteiger partial charge in [0.1, 0.15) is 17.1 Å². The van der Waals surface area contributed by atoms with Crippen LogP contribution in [0.5, 0.6) is 17.2 Å². The molecule has 0 spiro atoms. The first-order chi connectivity index (χ1) is 14.7. The number of benzene rings is 2. The first kappa shape index (κ1) is 23.0. The average molecular weight is 500 g/mol. The summed E-state index contributed by atoms with van der Waals surface area (Å²) in [5.41, 5.74) is 0.896. The molecule has 0 bridgehead atoms. The molecule has 0 unspecified atom stereocenters. The highest BCUT2D eigenvalue weighted by molar-refractivity contribution is 9.10. The lowest BCUT2D eigenvalue weighted by molar-refractivity contribution is -0.139. The minimum atomic E-state index is -4.73. The Morgan fingerprint density at radius 3 is 2.61 bits per heavy atom. The lowest BCUT2D eigenvalue weighted by Crippen LogP contribution is -2.12. The summed E-state index contributed by atoms with van der Waals surface area (Å²) in [5, 5.41) is 9.60. The second-order valence-electron chi connectivity index (χ2n) is 7.04. The molecule has 0 radical (unpaired) electrons. The molecule has 2 aromatic carbocycles. The molecular weight excluding hydrogens is 479 g/mol.